The monoisotopic (exact) mass is 549 g/mol. The third kappa shape index (κ3) is 7.44. The van der Waals surface area contributed by atoms with Gasteiger partial charge in [0.2, 0.25) is 5.91 Å². The smallest absolute Gasteiger partial charge is 0.417 e. The van der Waals surface area contributed by atoms with Gasteiger partial charge >= 0.3 is 6.09 Å². The van der Waals surface area contributed by atoms with E-state index in [1.165, 1.54) is 6.08 Å². The van der Waals surface area contributed by atoms with E-state index in [1.807, 2.05) is 60.7 Å². The van der Waals surface area contributed by atoms with E-state index in [1.54, 1.807) is 19.1 Å². The summed E-state index contributed by atoms with van der Waals surface area (Å²) in [5.41, 5.74) is 1.63. The minimum atomic E-state index is -1.10. The number of benzene rings is 2. The first-order valence-corrected chi connectivity index (χ1v) is 13.5. The average Bonchev–Trinajstić information content (AvgIpc) is 3.28. The largest absolute Gasteiger partial charge is 0.482 e. The average molecular weight is 550 g/mol. The molecule has 4 rings (SSSR count). The van der Waals surface area contributed by atoms with Crippen LogP contribution in [0.5, 0.6) is 0 Å². The second-order valence-electron chi connectivity index (χ2n) is 9.58. The first-order valence-electron chi connectivity index (χ1n) is 13.5. The molecule has 1 N–H and O–H groups in total. The Kier molecular flexibility index (Phi) is 10.6. The molecule has 2 amide bonds. The van der Waals surface area contributed by atoms with Crippen LogP contribution in [0.4, 0.5) is 4.79 Å². The fraction of sp³-hybridized carbons (Fsp3) is 0.387. The van der Waals surface area contributed by atoms with Crippen LogP contribution in [-0.2, 0) is 35.0 Å². The van der Waals surface area contributed by atoms with E-state index >= 15 is 0 Å². The van der Waals surface area contributed by atoms with E-state index in [2.05, 4.69) is 0 Å². The fourth-order valence-electron chi connectivity index (χ4n) is 4.79. The molecule has 212 valence electrons. The Morgan fingerprint density at radius 1 is 0.950 bits per heavy atom. The van der Waals surface area contributed by atoms with Gasteiger partial charge in [0.15, 0.2) is 11.9 Å². The van der Waals surface area contributed by atoms with E-state index in [0.29, 0.717) is 32.0 Å². The molecule has 1 saturated heterocycles. The van der Waals surface area contributed by atoms with Gasteiger partial charge in [-0.25, -0.2) is 9.69 Å². The maximum atomic E-state index is 14.0. The number of cyclic esters (lactones) is 1. The Hall–Kier alpha value is -3.79. The molecule has 40 heavy (non-hydrogen) atoms. The van der Waals surface area contributed by atoms with Gasteiger partial charge in [0.05, 0.1) is 45.0 Å². The van der Waals surface area contributed by atoms with Crippen LogP contribution in [0.25, 0.3) is 0 Å². The van der Waals surface area contributed by atoms with E-state index in [-0.39, 0.29) is 25.4 Å². The highest BCUT2D eigenvalue weighted by molar-refractivity contribution is 6.02. The zero-order valence-corrected chi connectivity index (χ0v) is 22.5. The van der Waals surface area contributed by atoms with E-state index in [0.717, 1.165) is 16.0 Å². The SMILES string of the molecule is C[C@H]1[C@@H](c2ccccc2)OC(=O)N1C(=O)[C@@H](Cc1ccccc1)[C@@H]1OC(=CCCOCCOCCO)C=CC1=O. The number of aliphatic hydroxyl groups is 1. The fourth-order valence-corrected chi connectivity index (χ4v) is 4.79. The number of imide groups is 1. The highest BCUT2D eigenvalue weighted by atomic mass is 16.6. The van der Waals surface area contributed by atoms with Crippen LogP contribution in [0.15, 0.2) is 84.7 Å². The summed E-state index contributed by atoms with van der Waals surface area (Å²) in [6.07, 6.45) is 3.06. The van der Waals surface area contributed by atoms with E-state index in [9.17, 15) is 14.4 Å². The van der Waals surface area contributed by atoms with Crippen LogP contribution in [0.3, 0.4) is 0 Å². The number of carbonyl (C=O) groups is 3. The lowest BCUT2D eigenvalue weighted by Crippen LogP contribution is -2.48. The van der Waals surface area contributed by atoms with Crippen LogP contribution < -0.4 is 0 Å². The van der Waals surface area contributed by atoms with Crippen molar-refractivity contribution in [1.29, 1.82) is 0 Å². The molecule has 2 aromatic rings. The zero-order chi connectivity index (χ0) is 28.3. The van der Waals surface area contributed by atoms with Crippen LogP contribution in [-0.4, -0.2) is 73.0 Å². The molecule has 0 radical (unpaired) electrons. The van der Waals surface area contributed by atoms with Crippen molar-refractivity contribution in [3.8, 4) is 0 Å². The number of allylic oxidation sites excluding steroid dienone is 1. The molecule has 4 atom stereocenters. The Morgan fingerprint density at radius 3 is 2.33 bits per heavy atom. The minimum absolute atomic E-state index is 0.0328. The first kappa shape index (κ1) is 29.2. The van der Waals surface area contributed by atoms with Crippen LogP contribution in [0.1, 0.15) is 30.6 Å². The van der Waals surface area contributed by atoms with Crippen molar-refractivity contribution in [1.82, 2.24) is 4.90 Å². The summed E-state index contributed by atoms with van der Waals surface area (Å²) in [7, 11) is 0. The molecule has 2 aromatic carbocycles. The standard InChI is InChI=1S/C31H35NO8/c1-22-28(24-11-6-3-7-12-24)40-31(36)32(22)30(35)26(21-23-9-4-2-5-10-23)29-27(34)15-14-25(39-29)13-8-17-37-19-20-38-18-16-33/h2-7,9-15,22,26,28-29,33H,8,16-21H2,1H3/t22-,26-,28-,29-/m0/s1. The lowest BCUT2D eigenvalue weighted by Gasteiger charge is -2.31. The lowest BCUT2D eigenvalue weighted by atomic mass is 9.88. The molecular formula is C31H35NO8. The molecule has 2 heterocycles. The molecule has 0 saturated carbocycles. The third-order valence-corrected chi connectivity index (χ3v) is 6.79. The summed E-state index contributed by atoms with van der Waals surface area (Å²) in [6, 6.07) is 18.1. The van der Waals surface area contributed by atoms with Crippen molar-refractivity contribution < 1.29 is 38.4 Å². The Morgan fingerprint density at radius 2 is 1.62 bits per heavy atom. The van der Waals surface area contributed by atoms with Gasteiger partial charge in [0.1, 0.15) is 11.9 Å². The van der Waals surface area contributed by atoms with Crippen LogP contribution in [0.2, 0.25) is 0 Å². The second kappa shape index (κ2) is 14.6. The molecule has 0 aromatic heterocycles. The van der Waals surface area contributed by atoms with Crippen molar-refractivity contribution in [3.63, 3.8) is 0 Å². The number of hydrogen-bond donors (Lipinski definition) is 1. The number of rotatable bonds is 13. The molecular weight excluding hydrogens is 514 g/mol. The summed E-state index contributed by atoms with van der Waals surface area (Å²) in [5.74, 6) is -1.36. The van der Waals surface area contributed by atoms with Crippen LogP contribution in [0, 0.1) is 5.92 Å². The van der Waals surface area contributed by atoms with Crippen molar-refractivity contribution >= 4 is 17.8 Å². The van der Waals surface area contributed by atoms with Gasteiger partial charge in [-0.1, -0.05) is 60.7 Å². The summed E-state index contributed by atoms with van der Waals surface area (Å²) < 4.78 is 22.4. The first-order chi connectivity index (χ1) is 19.5. The van der Waals surface area contributed by atoms with Gasteiger partial charge in [-0.2, -0.15) is 0 Å². The van der Waals surface area contributed by atoms with Gasteiger partial charge in [-0.05, 0) is 49.1 Å². The summed E-state index contributed by atoms with van der Waals surface area (Å²) in [6.45, 7) is 3.19. The predicted octanol–water partition coefficient (Wildman–Crippen LogP) is 3.78. The highest BCUT2D eigenvalue weighted by Gasteiger charge is 2.48. The molecule has 2 aliphatic rings. The number of aliphatic hydroxyl groups excluding tert-OH is 1. The van der Waals surface area contributed by atoms with Crippen LogP contribution >= 0.6 is 0 Å². The van der Waals surface area contributed by atoms with Crippen molar-refractivity contribution in [2.45, 2.75) is 38.0 Å². The van der Waals surface area contributed by atoms with Gasteiger partial charge in [0.25, 0.3) is 0 Å². The van der Waals surface area contributed by atoms with Crippen molar-refractivity contribution in [2.75, 3.05) is 33.0 Å². The molecule has 2 aliphatic heterocycles. The molecule has 0 aliphatic carbocycles. The number of ether oxygens (including phenoxy) is 4. The predicted molar refractivity (Wildman–Crippen MR) is 146 cm³/mol. The highest BCUT2D eigenvalue weighted by Crippen LogP contribution is 2.35. The quantitative estimate of drug-likeness (QED) is 0.376. The van der Waals surface area contributed by atoms with E-state index in [4.69, 9.17) is 24.1 Å². The molecule has 0 spiro atoms. The normalized spacial score (nSPS) is 22.3. The molecule has 1 fully saturated rings. The second-order valence-corrected chi connectivity index (χ2v) is 9.58. The van der Waals surface area contributed by atoms with Crippen molar-refractivity contribution in [3.05, 3.63) is 95.8 Å². The molecule has 0 unspecified atom stereocenters. The maximum Gasteiger partial charge on any atom is 0.417 e. The zero-order valence-electron chi connectivity index (χ0n) is 22.5. The third-order valence-electron chi connectivity index (χ3n) is 6.79. The lowest BCUT2D eigenvalue weighted by molar-refractivity contribution is -0.143. The van der Waals surface area contributed by atoms with Gasteiger partial charge < -0.3 is 24.1 Å². The molecule has 0 bridgehead atoms. The summed E-state index contributed by atoms with van der Waals surface area (Å²) in [5, 5.41) is 8.73. The minimum Gasteiger partial charge on any atom is -0.482 e. The topological polar surface area (TPSA) is 112 Å². The Balaban J connectivity index is 1.49. The van der Waals surface area contributed by atoms with Gasteiger partial charge in [-0.15, -0.1) is 0 Å². The summed E-state index contributed by atoms with van der Waals surface area (Å²) >= 11 is 0. The number of hydrogen-bond acceptors (Lipinski definition) is 8. The Bertz CT molecular complexity index is 1200. The number of ketones is 1. The summed E-state index contributed by atoms with van der Waals surface area (Å²) in [4.78, 5) is 41.2. The molecule has 9 heteroatoms. The van der Waals surface area contributed by atoms with Gasteiger partial charge in [-0.3, -0.25) is 9.59 Å². The number of carbonyl (C=O) groups excluding carboxylic acids is 3. The number of amides is 2. The molecule has 9 nitrogen and oxygen atoms in total. The number of nitrogens with zero attached hydrogens (tertiary/aromatic N) is 1. The maximum absolute atomic E-state index is 14.0. The Labute approximate surface area is 234 Å². The van der Waals surface area contributed by atoms with Crippen molar-refractivity contribution in [2.24, 2.45) is 5.92 Å². The van der Waals surface area contributed by atoms with Gasteiger partial charge in [0, 0.05) is 0 Å². The van der Waals surface area contributed by atoms with E-state index < -0.39 is 36.2 Å².